The van der Waals surface area contributed by atoms with Crippen molar-refractivity contribution >= 4 is 5.97 Å². The molecule has 1 aliphatic heterocycles. The van der Waals surface area contributed by atoms with Gasteiger partial charge < -0.3 is 20.2 Å². The Morgan fingerprint density at radius 1 is 1.65 bits per heavy atom. The van der Waals surface area contributed by atoms with Crippen LogP contribution in [0.25, 0.3) is 0 Å². The summed E-state index contributed by atoms with van der Waals surface area (Å²) in [6.45, 7) is 5.29. The fourth-order valence-corrected chi connectivity index (χ4v) is 2.43. The van der Waals surface area contributed by atoms with Crippen LogP contribution in [0.1, 0.15) is 19.8 Å². The van der Waals surface area contributed by atoms with Gasteiger partial charge in [-0.1, -0.05) is 6.92 Å². The molecule has 1 rings (SSSR count). The van der Waals surface area contributed by atoms with E-state index in [0.717, 1.165) is 13.1 Å². The van der Waals surface area contributed by atoms with Crippen LogP contribution >= 0.6 is 0 Å². The van der Waals surface area contributed by atoms with E-state index in [-0.39, 0.29) is 0 Å². The second kappa shape index (κ2) is 6.93. The Balaban J connectivity index is 2.36. The van der Waals surface area contributed by atoms with Crippen molar-refractivity contribution in [2.24, 2.45) is 0 Å². The quantitative estimate of drug-likeness (QED) is 0.663. The van der Waals surface area contributed by atoms with Crippen LogP contribution in [0.2, 0.25) is 0 Å². The molecule has 0 aromatic rings. The molecule has 2 atom stereocenters. The van der Waals surface area contributed by atoms with Crippen LogP contribution in [0.3, 0.4) is 0 Å². The lowest BCUT2D eigenvalue weighted by Crippen LogP contribution is -2.47. The van der Waals surface area contributed by atoms with E-state index in [0.29, 0.717) is 19.1 Å². The van der Waals surface area contributed by atoms with Crippen LogP contribution in [0.15, 0.2) is 0 Å². The van der Waals surface area contributed by atoms with Crippen LogP contribution in [0, 0.1) is 0 Å². The Labute approximate surface area is 104 Å². The average Bonchev–Trinajstić information content (AvgIpc) is 2.63. The zero-order valence-electron chi connectivity index (χ0n) is 11.1. The average molecular weight is 243 g/mol. The maximum absolute atomic E-state index is 11.0. The van der Waals surface area contributed by atoms with E-state index in [2.05, 4.69) is 22.2 Å². The number of likely N-dealkylation sites (N-methyl/N-ethyl adjacent to an activating group) is 3. The summed E-state index contributed by atoms with van der Waals surface area (Å²) in [5.41, 5.74) is 0. The van der Waals surface area contributed by atoms with Gasteiger partial charge in [-0.05, 0) is 40.0 Å². The molecule has 0 aliphatic carbocycles. The highest BCUT2D eigenvalue weighted by molar-refractivity contribution is 5.73. The molecule has 5 nitrogen and oxygen atoms in total. The SMILES string of the molecule is CCNC(CN(C)CC1CCCN1C)C(=O)O. The fourth-order valence-electron chi connectivity index (χ4n) is 2.43. The number of hydrogen-bond acceptors (Lipinski definition) is 4. The van der Waals surface area contributed by atoms with Crippen molar-refractivity contribution in [3.63, 3.8) is 0 Å². The van der Waals surface area contributed by atoms with Gasteiger partial charge in [-0.15, -0.1) is 0 Å². The maximum Gasteiger partial charge on any atom is 0.322 e. The second-order valence-corrected chi connectivity index (χ2v) is 4.95. The molecule has 2 N–H and O–H groups in total. The highest BCUT2D eigenvalue weighted by Gasteiger charge is 2.24. The summed E-state index contributed by atoms with van der Waals surface area (Å²) in [5, 5.41) is 12.1. The predicted octanol–water partition coefficient (Wildman–Crippen LogP) is 0.0751. The molecule has 17 heavy (non-hydrogen) atoms. The van der Waals surface area contributed by atoms with Crippen LogP contribution < -0.4 is 5.32 Å². The molecule has 0 amide bonds. The highest BCUT2D eigenvalue weighted by atomic mass is 16.4. The number of rotatable bonds is 7. The number of carboxylic acid groups (broad SMARTS) is 1. The Kier molecular flexibility index (Phi) is 5.88. The number of aliphatic carboxylic acids is 1. The standard InChI is InChI=1S/C12H25N3O2/c1-4-13-11(12(16)17)9-14(2)8-10-6-5-7-15(10)3/h10-11,13H,4-9H2,1-3H3,(H,16,17). The molecular weight excluding hydrogens is 218 g/mol. The topological polar surface area (TPSA) is 55.8 Å². The summed E-state index contributed by atoms with van der Waals surface area (Å²) < 4.78 is 0. The van der Waals surface area contributed by atoms with Crippen LogP contribution in [0.4, 0.5) is 0 Å². The van der Waals surface area contributed by atoms with Crippen molar-refractivity contribution in [1.29, 1.82) is 0 Å². The van der Waals surface area contributed by atoms with Gasteiger partial charge >= 0.3 is 5.97 Å². The summed E-state index contributed by atoms with van der Waals surface area (Å²) >= 11 is 0. The first-order chi connectivity index (χ1) is 8.04. The van der Waals surface area contributed by atoms with Crippen molar-refractivity contribution in [3.8, 4) is 0 Å². The van der Waals surface area contributed by atoms with Gasteiger partial charge in [0, 0.05) is 19.1 Å². The highest BCUT2D eigenvalue weighted by Crippen LogP contribution is 2.15. The number of carboxylic acids is 1. The van der Waals surface area contributed by atoms with Crippen molar-refractivity contribution in [2.75, 3.05) is 40.3 Å². The maximum atomic E-state index is 11.0. The third kappa shape index (κ3) is 4.61. The molecule has 0 spiro atoms. The van der Waals surface area contributed by atoms with E-state index in [1.165, 1.54) is 12.8 Å². The summed E-state index contributed by atoms with van der Waals surface area (Å²) in [6, 6.07) is 0.118. The van der Waals surface area contributed by atoms with Gasteiger partial charge in [-0.2, -0.15) is 0 Å². The molecule has 1 fully saturated rings. The molecule has 2 unspecified atom stereocenters. The Morgan fingerprint density at radius 2 is 2.35 bits per heavy atom. The largest absolute Gasteiger partial charge is 0.480 e. The van der Waals surface area contributed by atoms with Crippen LogP contribution in [-0.4, -0.2) is 73.2 Å². The number of nitrogens with zero attached hydrogens (tertiary/aromatic N) is 2. The predicted molar refractivity (Wildman–Crippen MR) is 68.2 cm³/mol. The van der Waals surface area contributed by atoms with Gasteiger partial charge in [0.2, 0.25) is 0 Å². The molecule has 1 heterocycles. The number of carbonyl (C=O) groups is 1. The minimum Gasteiger partial charge on any atom is -0.480 e. The molecule has 5 heteroatoms. The smallest absolute Gasteiger partial charge is 0.322 e. The molecule has 0 aromatic carbocycles. The van der Waals surface area contributed by atoms with Gasteiger partial charge in [0.1, 0.15) is 6.04 Å². The van der Waals surface area contributed by atoms with Crippen molar-refractivity contribution in [2.45, 2.75) is 31.8 Å². The Hall–Kier alpha value is -0.650. The van der Waals surface area contributed by atoms with Gasteiger partial charge in [0.05, 0.1) is 0 Å². The van der Waals surface area contributed by atoms with E-state index in [4.69, 9.17) is 5.11 Å². The third-order valence-corrected chi connectivity index (χ3v) is 3.44. The number of hydrogen-bond donors (Lipinski definition) is 2. The zero-order valence-corrected chi connectivity index (χ0v) is 11.1. The van der Waals surface area contributed by atoms with E-state index in [9.17, 15) is 4.79 Å². The van der Waals surface area contributed by atoms with E-state index >= 15 is 0 Å². The van der Waals surface area contributed by atoms with Crippen molar-refractivity contribution in [3.05, 3.63) is 0 Å². The molecule has 1 aliphatic rings. The monoisotopic (exact) mass is 243 g/mol. The van der Waals surface area contributed by atoms with Gasteiger partial charge in [0.25, 0.3) is 0 Å². The lowest BCUT2D eigenvalue weighted by molar-refractivity contribution is -0.139. The Bertz CT molecular complexity index is 248. The first-order valence-electron chi connectivity index (χ1n) is 6.39. The summed E-state index contributed by atoms with van der Waals surface area (Å²) in [5.74, 6) is -0.765. The molecule has 100 valence electrons. The van der Waals surface area contributed by atoms with Crippen molar-refractivity contribution < 1.29 is 9.90 Å². The minimum atomic E-state index is -0.765. The molecule has 1 saturated heterocycles. The minimum absolute atomic E-state index is 0.461. The first kappa shape index (κ1) is 14.4. The van der Waals surface area contributed by atoms with E-state index in [1.807, 2.05) is 14.0 Å². The van der Waals surface area contributed by atoms with Gasteiger partial charge in [0.15, 0.2) is 0 Å². The molecular formula is C12H25N3O2. The van der Waals surface area contributed by atoms with E-state index in [1.54, 1.807) is 0 Å². The van der Waals surface area contributed by atoms with Crippen LogP contribution in [0.5, 0.6) is 0 Å². The number of nitrogens with one attached hydrogen (secondary N) is 1. The zero-order chi connectivity index (χ0) is 12.8. The Morgan fingerprint density at radius 3 is 2.82 bits per heavy atom. The van der Waals surface area contributed by atoms with Crippen LogP contribution in [-0.2, 0) is 4.79 Å². The fraction of sp³-hybridized carbons (Fsp3) is 0.917. The number of likely N-dealkylation sites (tertiary alicyclic amines) is 1. The second-order valence-electron chi connectivity index (χ2n) is 4.95. The summed E-state index contributed by atoms with van der Waals surface area (Å²) in [6.07, 6.45) is 2.48. The van der Waals surface area contributed by atoms with E-state index < -0.39 is 12.0 Å². The lowest BCUT2D eigenvalue weighted by atomic mass is 10.2. The first-order valence-corrected chi connectivity index (χ1v) is 6.39. The van der Waals surface area contributed by atoms with Crippen molar-refractivity contribution in [1.82, 2.24) is 15.1 Å². The normalized spacial score (nSPS) is 23.2. The summed E-state index contributed by atoms with van der Waals surface area (Å²) in [4.78, 5) is 15.5. The molecule has 0 saturated carbocycles. The molecule has 0 bridgehead atoms. The third-order valence-electron chi connectivity index (χ3n) is 3.44. The molecule has 0 radical (unpaired) electrons. The summed E-state index contributed by atoms with van der Waals surface area (Å²) in [7, 11) is 4.14. The molecule has 0 aromatic heterocycles. The van der Waals surface area contributed by atoms with Gasteiger partial charge in [-0.3, -0.25) is 4.79 Å². The van der Waals surface area contributed by atoms with Gasteiger partial charge in [-0.25, -0.2) is 0 Å². The lowest BCUT2D eigenvalue weighted by Gasteiger charge is -2.27.